The van der Waals surface area contributed by atoms with E-state index in [2.05, 4.69) is 20.2 Å². The standard InChI is InChI=1S/C19H24FN5O/c1-12-11-16(24-19(21)23-12)25-10-5-3-4-9-15(25)13-7-6-8-14(17(13)20)18(26)22-2/h6-8,11,15H,3-5,9-10H2,1-2H3,(H,22,26)(H2,21,23,24). The van der Waals surface area contributed by atoms with Crippen molar-refractivity contribution in [3.05, 3.63) is 46.9 Å². The Bertz CT molecular complexity index is 790. The molecule has 138 valence electrons. The molecule has 0 bridgehead atoms. The first-order chi connectivity index (χ1) is 12.5. The van der Waals surface area contributed by atoms with E-state index in [0.717, 1.165) is 37.9 Å². The number of nitrogens with two attached hydrogens (primary N) is 1. The van der Waals surface area contributed by atoms with Crippen molar-refractivity contribution < 1.29 is 9.18 Å². The second kappa shape index (κ2) is 7.68. The molecule has 1 aliphatic rings. The number of rotatable bonds is 3. The zero-order valence-electron chi connectivity index (χ0n) is 15.1. The number of carbonyl (C=O) groups is 1. The number of halogens is 1. The van der Waals surface area contributed by atoms with Crippen LogP contribution in [0.2, 0.25) is 0 Å². The molecule has 0 radical (unpaired) electrons. The number of aryl methyl sites for hydroxylation is 1. The first-order valence-corrected chi connectivity index (χ1v) is 8.89. The van der Waals surface area contributed by atoms with Gasteiger partial charge in [0.05, 0.1) is 11.6 Å². The summed E-state index contributed by atoms with van der Waals surface area (Å²) in [6.07, 6.45) is 3.85. The lowest BCUT2D eigenvalue weighted by atomic mass is 9.97. The number of nitrogens with zero attached hydrogens (tertiary/aromatic N) is 3. The van der Waals surface area contributed by atoms with Crippen LogP contribution in [-0.2, 0) is 0 Å². The Morgan fingerprint density at radius 3 is 2.85 bits per heavy atom. The van der Waals surface area contributed by atoms with Gasteiger partial charge in [-0.15, -0.1) is 0 Å². The molecule has 3 N–H and O–H groups in total. The summed E-state index contributed by atoms with van der Waals surface area (Å²) in [7, 11) is 1.50. The van der Waals surface area contributed by atoms with Crippen LogP contribution in [0, 0.1) is 12.7 Å². The Hall–Kier alpha value is -2.70. The third-order valence-electron chi connectivity index (χ3n) is 4.76. The van der Waals surface area contributed by atoms with Crippen molar-refractivity contribution in [2.75, 3.05) is 24.2 Å². The molecule has 1 aliphatic heterocycles. The van der Waals surface area contributed by atoms with Gasteiger partial charge in [0.2, 0.25) is 5.95 Å². The minimum atomic E-state index is -0.470. The number of nitrogen functional groups attached to an aromatic ring is 1. The minimum absolute atomic E-state index is 0.0626. The van der Waals surface area contributed by atoms with E-state index in [1.54, 1.807) is 12.1 Å². The van der Waals surface area contributed by atoms with E-state index >= 15 is 4.39 Å². The summed E-state index contributed by atoms with van der Waals surface area (Å²) in [5, 5.41) is 2.49. The summed E-state index contributed by atoms with van der Waals surface area (Å²) in [6.45, 7) is 2.62. The maximum Gasteiger partial charge on any atom is 0.254 e. The maximum absolute atomic E-state index is 15.1. The molecule has 1 aromatic carbocycles. The third-order valence-corrected chi connectivity index (χ3v) is 4.76. The predicted octanol–water partition coefficient (Wildman–Crippen LogP) is 2.99. The van der Waals surface area contributed by atoms with Gasteiger partial charge in [-0.05, 0) is 25.8 Å². The summed E-state index contributed by atoms with van der Waals surface area (Å²) in [5.41, 5.74) is 7.18. The van der Waals surface area contributed by atoms with Gasteiger partial charge < -0.3 is 16.0 Å². The molecule has 0 saturated carbocycles. The van der Waals surface area contributed by atoms with Gasteiger partial charge in [0.15, 0.2) is 0 Å². The highest BCUT2D eigenvalue weighted by molar-refractivity contribution is 5.94. The number of carbonyl (C=O) groups excluding carboxylic acids is 1. The van der Waals surface area contributed by atoms with E-state index in [9.17, 15) is 4.79 Å². The first kappa shape index (κ1) is 18.1. The molecule has 1 atom stereocenters. The van der Waals surface area contributed by atoms with Gasteiger partial charge in [-0.25, -0.2) is 9.37 Å². The van der Waals surface area contributed by atoms with Crippen molar-refractivity contribution in [2.24, 2.45) is 0 Å². The Morgan fingerprint density at radius 2 is 2.12 bits per heavy atom. The molecule has 1 unspecified atom stereocenters. The molecule has 3 rings (SSSR count). The van der Waals surface area contributed by atoms with Crippen molar-refractivity contribution in [2.45, 2.75) is 38.6 Å². The summed E-state index contributed by atoms with van der Waals surface area (Å²) < 4.78 is 15.1. The quantitative estimate of drug-likeness (QED) is 0.882. The number of benzene rings is 1. The van der Waals surface area contributed by atoms with Crippen molar-refractivity contribution in [1.29, 1.82) is 0 Å². The molecular formula is C19H24FN5O. The van der Waals surface area contributed by atoms with Gasteiger partial charge in [0, 0.05) is 30.9 Å². The van der Waals surface area contributed by atoms with E-state index in [1.165, 1.54) is 13.1 Å². The Morgan fingerprint density at radius 1 is 1.31 bits per heavy atom. The van der Waals surface area contributed by atoms with Crippen LogP contribution < -0.4 is 16.0 Å². The molecule has 6 nitrogen and oxygen atoms in total. The monoisotopic (exact) mass is 357 g/mol. The lowest BCUT2D eigenvalue weighted by Gasteiger charge is -2.32. The smallest absolute Gasteiger partial charge is 0.254 e. The molecule has 0 spiro atoms. The second-order valence-corrected chi connectivity index (χ2v) is 6.57. The average molecular weight is 357 g/mol. The minimum Gasteiger partial charge on any atom is -0.368 e. The third kappa shape index (κ3) is 3.61. The summed E-state index contributed by atoms with van der Waals surface area (Å²) in [4.78, 5) is 22.6. The highest BCUT2D eigenvalue weighted by Gasteiger charge is 2.28. The topological polar surface area (TPSA) is 84.1 Å². The average Bonchev–Trinajstić information content (AvgIpc) is 2.86. The zero-order valence-corrected chi connectivity index (χ0v) is 15.1. The van der Waals surface area contributed by atoms with Crippen LogP contribution in [0.15, 0.2) is 24.3 Å². The summed E-state index contributed by atoms with van der Waals surface area (Å²) >= 11 is 0. The lowest BCUT2D eigenvalue weighted by molar-refractivity contribution is 0.0959. The molecule has 1 saturated heterocycles. The SMILES string of the molecule is CNC(=O)c1cccc(C2CCCCCN2c2cc(C)nc(N)n2)c1F. The molecule has 1 aromatic heterocycles. The van der Waals surface area contributed by atoms with Crippen molar-refractivity contribution in [3.63, 3.8) is 0 Å². The fourth-order valence-electron chi connectivity index (χ4n) is 3.54. The first-order valence-electron chi connectivity index (χ1n) is 8.89. The summed E-state index contributed by atoms with van der Waals surface area (Å²) in [5.74, 6) is 0.0170. The number of hydrogen-bond acceptors (Lipinski definition) is 5. The molecule has 1 amide bonds. The van der Waals surface area contributed by atoms with Crippen LogP contribution in [0.25, 0.3) is 0 Å². The predicted molar refractivity (Wildman–Crippen MR) is 99.5 cm³/mol. The fraction of sp³-hybridized carbons (Fsp3) is 0.421. The molecule has 2 aromatic rings. The van der Waals surface area contributed by atoms with E-state index in [4.69, 9.17) is 5.73 Å². The highest BCUT2D eigenvalue weighted by atomic mass is 19.1. The van der Waals surface area contributed by atoms with Crippen LogP contribution in [0.5, 0.6) is 0 Å². The Kier molecular flexibility index (Phi) is 5.35. The number of nitrogens with one attached hydrogen (secondary N) is 1. The summed E-state index contributed by atoms with van der Waals surface area (Å²) in [6, 6.07) is 6.66. The van der Waals surface area contributed by atoms with Crippen LogP contribution in [0.4, 0.5) is 16.2 Å². The molecule has 2 heterocycles. The molecule has 0 aliphatic carbocycles. The number of hydrogen-bond donors (Lipinski definition) is 2. The number of aromatic nitrogens is 2. The van der Waals surface area contributed by atoms with E-state index in [-0.39, 0.29) is 17.6 Å². The van der Waals surface area contributed by atoms with E-state index in [1.807, 2.05) is 13.0 Å². The highest BCUT2D eigenvalue weighted by Crippen LogP contribution is 2.35. The van der Waals surface area contributed by atoms with Gasteiger partial charge in [0.25, 0.3) is 5.91 Å². The van der Waals surface area contributed by atoms with Crippen LogP contribution in [-0.4, -0.2) is 29.5 Å². The number of anilines is 2. The van der Waals surface area contributed by atoms with Crippen molar-refractivity contribution in [1.82, 2.24) is 15.3 Å². The van der Waals surface area contributed by atoms with Gasteiger partial charge in [-0.3, -0.25) is 4.79 Å². The van der Waals surface area contributed by atoms with Gasteiger partial charge in [-0.2, -0.15) is 4.98 Å². The molecule has 7 heteroatoms. The normalized spacial score (nSPS) is 17.7. The van der Waals surface area contributed by atoms with Gasteiger partial charge in [-0.1, -0.05) is 25.0 Å². The van der Waals surface area contributed by atoms with Crippen molar-refractivity contribution in [3.8, 4) is 0 Å². The largest absolute Gasteiger partial charge is 0.368 e. The lowest BCUT2D eigenvalue weighted by Crippen LogP contribution is -2.31. The Balaban J connectivity index is 2.06. The molecular weight excluding hydrogens is 333 g/mol. The number of amides is 1. The van der Waals surface area contributed by atoms with Crippen molar-refractivity contribution >= 4 is 17.7 Å². The molecule has 1 fully saturated rings. The second-order valence-electron chi connectivity index (χ2n) is 6.57. The Labute approximate surface area is 152 Å². The van der Waals surface area contributed by atoms with Crippen LogP contribution in [0.3, 0.4) is 0 Å². The van der Waals surface area contributed by atoms with Crippen LogP contribution >= 0.6 is 0 Å². The van der Waals surface area contributed by atoms with E-state index in [0.29, 0.717) is 11.4 Å². The maximum atomic E-state index is 15.1. The van der Waals surface area contributed by atoms with Crippen LogP contribution in [0.1, 0.15) is 53.3 Å². The van der Waals surface area contributed by atoms with Gasteiger partial charge in [0.1, 0.15) is 11.6 Å². The zero-order chi connectivity index (χ0) is 18.7. The molecule has 26 heavy (non-hydrogen) atoms. The van der Waals surface area contributed by atoms with Gasteiger partial charge >= 0.3 is 0 Å². The van der Waals surface area contributed by atoms with E-state index < -0.39 is 11.7 Å². The fourth-order valence-corrected chi connectivity index (χ4v) is 3.54.